The van der Waals surface area contributed by atoms with Gasteiger partial charge in [-0.2, -0.15) is 0 Å². The summed E-state index contributed by atoms with van der Waals surface area (Å²) < 4.78 is 125. The molecule has 1 aliphatic heterocycles. The zero-order chi connectivity index (χ0) is 73.7. The summed E-state index contributed by atoms with van der Waals surface area (Å²) in [5.74, 6) is 2.37. The van der Waals surface area contributed by atoms with Gasteiger partial charge >= 0.3 is 0 Å². The molecule has 0 aliphatic carbocycles. The highest BCUT2D eigenvalue weighted by molar-refractivity contribution is 7.89. The summed E-state index contributed by atoms with van der Waals surface area (Å²) in [5.41, 5.74) is 5.43. The minimum atomic E-state index is -4.19. The monoisotopic (exact) mass is 1470 g/mol. The van der Waals surface area contributed by atoms with Crippen LogP contribution in [0.4, 0.5) is 17.1 Å². The Hall–Kier alpha value is -8.90. The SMILES string of the molecule is CCCCNc1cc(C(=O)N2CC=C(c3ccccc3)CC2)cc(S(N)(=O)=O)c1Oc1ccccc1.CCCCNc1cc(COCCOCCOCCOCCOC)cc(S(N)(=O)=O)c1Oc1ccccc1.CCCCNc1cc(COc2ccccc2)cc(S(N)(=O)=O)c1Oc1ccccc1. The van der Waals surface area contributed by atoms with Crippen molar-refractivity contribution in [2.24, 2.45) is 15.4 Å². The average Bonchev–Trinajstić information content (AvgIpc) is 0.788. The Kier molecular flexibility index (Phi) is 34.2. The van der Waals surface area contributed by atoms with Crippen LogP contribution in [-0.4, -0.2) is 129 Å². The van der Waals surface area contributed by atoms with Crippen molar-refractivity contribution >= 4 is 58.6 Å². The molecule has 0 saturated heterocycles. The van der Waals surface area contributed by atoms with Gasteiger partial charge in [0, 0.05) is 45.4 Å². The molecular weight excluding hydrogens is 1380 g/mol. The van der Waals surface area contributed by atoms with Crippen molar-refractivity contribution in [3.05, 3.63) is 216 Å². The smallest absolute Gasteiger partial charge is 0.254 e. The maximum absolute atomic E-state index is 13.5. The summed E-state index contributed by atoms with van der Waals surface area (Å²) >= 11 is 0. The lowest BCUT2D eigenvalue weighted by Gasteiger charge is -2.27. The second-order valence-corrected chi connectivity index (χ2v) is 28.2. The summed E-state index contributed by atoms with van der Waals surface area (Å²) in [6, 6.07) is 55.9. The van der Waals surface area contributed by atoms with Crippen LogP contribution in [0, 0.1) is 0 Å². The number of anilines is 3. The van der Waals surface area contributed by atoms with Crippen LogP contribution in [-0.2, 0) is 67.0 Å². The Morgan fingerprint density at radius 1 is 0.437 bits per heavy atom. The van der Waals surface area contributed by atoms with E-state index < -0.39 is 30.1 Å². The number of rotatable bonds is 40. The van der Waals surface area contributed by atoms with E-state index in [0.717, 1.165) is 44.1 Å². The zero-order valence-corrected chi connectivity index (χ0v) is 61.4. The van der Waals surface area contributed by atoms with Crippen LogP contribution in [0.2, 0.25) is 0 Å². The molecule has 554 valence electrons. The van der Waals surface area contributed by atoms with E-state index in [4.69, 9.17) is 58.0 Å². The number of carbonyl (C=O) groups is 1. The molecule has 0 fully saturated rings. The molecule has 0 aromatic heterocycles. The Labute approximate surface area is 607 Å². The number of benzene rings is 8. The van der Waals surface area contributed by atoms with Crippen molar-refractivity contribution in [2.75, 3.05) is 109 Å². The third-order valence-electron chi connectivity index (χ3n) is 15.5. The lowest BCUT2D eigenvalue weighted by Crippen LogP contribution is -2.35. The normalized spacial score (nSPS) is 12.2. The van der Waals surface area contributed by atoms with E-state index in [1.807, 2.05) is 109 Å². The second-order valence-electron chi connectivity index (χ2n) is 23.6. The van der Waals surface area contributed by atoms with E-state index >= 15 is 0 Å². The predicted octanol–water partition coefficient (Wildman–Crippen LogP) is 13.7. The number of amides is 1. The second kappa shape index (κ2) is 43.3. The first-order chi connectivity index (χ1) is 49.8. The molecule has 9 N–H and O–H groups in total. The molecule has 26 heteroatoms. The van der Waals surface area contributed by atoms with Gasteiger partial charge in [-0.3, -0.25) is 4.79 Å². The Morgan fingerprint density at radius 3 is 1.17 bits per heavy atom. The topological polar surface area (TPSA) is 320 Å². The van der Waals surface area contributed by atoms with Crippen molar-refractivity contribution in [3.63, 3.8) is 0 Å². The summed E-state index contributed by atoms with van der Waals surface area (Å²) in [7, 11) is -10.7. The van der Waals surface area contributed by atoms with Gasteiger partial charge in [-0.1, -0.05) is 149 Å². The van der Waals surface area contributed by atoms with Gasteiger partial charge in [0.2, 0.25) is 30.1 Å². The van der Waals surface area contributed by atoms with Gasteiger partial charge in [0.1, 0.15) is 44.3 Å². The quantitative estimate of drug-likeness (QED) is 0.0194. The molecule has 23 nitrogen and oxygen atoms in total. The zero-order valence-electron chi connectivity index (χ0n) is 59.0. The van der Waals surface area contributed by atoms with Gasteiger partial charge in [-0.05, 0) is 133 Å². The summed E-state index contributed by atoms with van der Waals surface area (Å²) in [4.78, 5) is 14.8. The number of nitrogens with two attached hydrogens (primary N) is 3. The molecule has 103 heavy (non-hydrogen) atoms. The van der Waals surface area contributed by atoms with Gasteiger partial charge in [0.15, 0.2) is 17.2 Å². The van der Waals surface area contributed by atoms with Crippen molar-refractivity contribution < 1.29 is 72.7 Å². The third kappa shape index (κ3) is 28.0. The van der Waals surface area contributed by atoms with E-state index in [9.17, 15) is 30.0 Å². The van der Waals surface area contributed by atoms with Crippen LogP contribution in [0.3, 0.4) is 0 Å². The summed E-state index contributed by atoms with van der Waals surface area (Å²) in [6.45, 7) is 13.2. The van der Waals surface area contributed by atoms with Crippen molar-refractivity contribution in [2.45, 2.75) is 93.6 Å². The minimum Gasteiger partial charge on any atom is -0.489 e. The molecule has 1 aliphatic rings. The minimum absolute atomic E-state index is 0.0838. The van der Waals surface area contributed by atoms with E-state index in [0.29, 0.717) is 143 Å². The highest BCUT2D eigenvalue weighted by Gasteiger charge is 2.28. The molecule has 8 aromatic rings. The van der Waals surface area contributed by atoms with Crippen molar-refractivity contribution in [3.8, 4) is 40.2 Å². The van der Waals surface area contributed by atoms with Crippen LogP contribution in [0.1, 0.15) is 92.8 Å². The highest BCUT2D eigenvalue weighted by Crippen LogP contribution is 2.41. The Bertz CT molecular complexity index is 4250. The van der Waals surface area contributed by atoms with Gasteiger partial charge in [0.05, 0.1) is 76.5 Å². The summed E-state index contributed by atoms with van der Waals surface area (Å²) in [6.07, 6.45) is 8.41. The number of carbonyl (C=O) groups excluding carboxylic acids is 1. The first-order valence-electron chi connectivity index (χ1n) is 34.3. The fraction of sp³-hybridized carbons (Fsp3) is 0.338. The van der Waals surface area contributed by atoms with Gasteiger partial charge in [-0.25, -0.2) is 40.7 Å². The number of ether oxygens (including phenoxy) is 9. The van der Waals surface area contributed by atoms with Crippen LogP contribution in [0.25, 0.3) is 5.57 Å². The largest absolute Gasteiger partial charge is 0.489 e. The van der Waals surface area contributed by atoms with E-state index in [1.165, 1.54) is 23.8 Å². The molecule has 0 saturated carbocycles. The number of nitrogens with zero attached hydrogens (tertiary/aromatic N) is 1. The van der Waals surface area contributed by atoms with Gasteiger partial charge in [0.25, 0.3) is 5.91 Å². The van der Waals surface area contributed by atoms with Crippen LogP contribution >= 0.6 is 0 Å². The standard InChI is InChI=1S/C28H31N3O4S.C26H40N2O8S.C23H26N2O4S/c1-2-3-16-30-25-19-23(20-26(36(29,33)34)27(25)35-24-12-8-5-9-13-24)28(32)31-17-14-22(15-18-31)21-10-6-4-7-11-21;1-3-4-10-28-24-19-22(21-35-18-17-34-16-15-33-14-13-32-12-11-31-2)20-25(37(27,29)30)26(24)36-23-8-6-5-7-9-23;1-2-3-14-25-21-15-18(17-28-19-10-6-4-7-11-19)16-22(30(24,26)27)23(21)29-20-12-8-5-9-13-20/h4-14,19-20,30H,2-3,15-18H2,1H3,(H2,29,33,34);5-9,19-20,28H,3-4,10-18,21H2,1-2H3,(H2,27,29,30);4-13,15-16,25H,2-3,14,17H2,1H3,(H2,24,26,27). The maximum atomic E-state index is 13.5. The van der Waals surface area contributed by atoms with E-state index in [2.05, 4.69) is 48.9 Å². The lowest BCUT2D eigenvalue weighted by atomic mass is 9.99. The summed E-state index contributed by atoms with van der Waals surface area (Å²) in [5, 5.41) is 26.5. The number of nitrogens with one attached hydrogen (secondary N) is 3. The number of hydrogen-bond acceptors (Lipinski definition) is 19. The number of para-hydroxylation sites is 4. The van der Waals surface area contributed by atoms with Crippen LogP contribution in [0.15, 0.2) is 209 Å². The molecule has 0 unspecified atom stereocenters. The third-order valence-corrected chi connectivity index (χ3v) is 18.2. The van der Waals surface area contributed by atoms with Crippen molar-refractivity contribution in [1.82, 2.24) is 4.90 Å². The highest BCUT2D eigenvalue weighted by atomic mass is 32.2. The molecule has 9 rings (SSSR count). The average molecular weight is 1470 g/mol. The number of unbranched alkanes of at least 4 members (excludes halogenated alkanes) is 3. The molecule has 1 amide bonds. The fourth-order valence-corrected chi connectivity index (χ4v) is 12.4. The number of primary sulfonamides is 3. The van der Waals surface area contributed by atoms with Crippen LogP contribution in [0.5, 0.6) is 40.2 Å². The molecular formula is C77H97N7O16S3. The van der Waals surface area contributed by atoms with Crippen LogP contribution < -0.4 is 50.3 Å². The number of sulfonamides is 3. The first kappa shape index (κ1) is 81.4. The molecule has 0 radical (unpaired) electrons. The molecule has 0 atom stereocenters. The van der Waals surface area contributed by atoms with Crippen molar-refractivity contribution in [1.29, 1.82) is 0 Å². The lowest BCUT2D eigenvalue weighted by molar-refractivity contribution is -0.00949. The molecule has 8 aromatic carbocycles. The molecule has 0 bridgehead atoms. The maximum Gasteiger partial charge on any atom is 0.254 e. The van der Waals surface area contributed by atoms with Gasteiger partial charge in [-0.15, -0.1) is 0 Å². The van der Waals surface area contributed by atoms with E-state index in [1.54, 1.807) is 66.6 Å². The number of hydrogen-bond donors (Lipinski definition) is 6. The molecule has 1 heterocycles. The number of methoxy groups -OCH3 is 1. The fourth-order valence-electron chi connectivity index (χ4n) is 10.2. The Morgan fingerprint density at radius 2 is 0.796 bits per heavy atom. The molecule has 0 spiro atoms. The van der Waals surface area contributed by atoms with E-state index in [-0.39, 0.29) is 56.6 Å². The predicted molar refractivity (Wildman–Crippen MR) is 403 cm³/mol. The van der Waals surface area contributed by atoms with Gasteiger partial charge < -0.3 is 63.5 Å². The Balaban J connectivity index is 0.000000217. The first-order valence-corrected chi connectivity index (χ1v) is 38.9.